The van der Waals surface area contributed by atoms with Crippen LogP contribution in [0.3, 0.4) is 0 Å². The molecule has 25 heavy (non-hydrogen) atoms. The van der Waals surface area contributed by atoms with Crippen LogP contribution in [0.1, 0.15) is 33.3 Å². The van der Waals surface area contributed by atoms with Crippen LogP contribution < -0.4 is 16.0 Å². The Hall–Kier alpha value is -1.57. The predicted molar refractivity (Wildman–Crippen MR) is 104 cm³/mol. The van der Waals surface area contributed by atoms with Crippen LogP contribution >= 0.6 is 24.8 Å². The fraction of sp³-hybridized carbons (Fsp3) is 0.500. The van der Waals surface area contributed by atoms with E-state index in [1.807, 2.05) is 0 Å². The van der Waals surface area contributed by atoms with Gasteiger partial charge in [0.15, 0.2) is 0 Å². The van der Waals surface area contributed by atoms with Crippen molar-refractivity contribution in [2.75, 3.05) is 18.0 Å². The highest BCUT2D eigenvalue weighted by atomic mass is 35.5. The maximum Gasteiger partial charge on any atom is 0.414 e. The number of nitrogens with one attached hydrogen (secondary N) is 2. The molecular weight excluding hydrogens is 370 g/mol. The number of anilines is 1. The van der Waals surface area contributed by atoms with Gasteiger partial charge in [-0.1, -0.05) is 6.07 Å². The zero-order valence-electron chi connectivity index (χ0n) is 14.9. The van der Waals surface area contributed by atoms with E-state index in [9.17, 15) is 9.18 Å². The zero-order valence-corrected chi connectivity index (χ0v) is 16.5. The van der Waals surface area contributed by atoms with Gasteiger partial charge >= 0.3 is 6.09 Å². The molecule has 1 aromatic rings. The van der Waals surface area contributed by atoms with E-state index >= 15 is 0 Å². The minimum Gasteiger partial charge on any atom is -0.444 e. The van der Waals surface area contributed by atoms with Crippen LogP contribution in [0.25, 0.3) is 0 Å². The summed E-state index contributed by atoms with van der Waals surface area (Å²) >= 11 is 0. The molecule has 0 atom stereocenters. The minimum absolute atomic E-state index is 0. The van der Waals surface area contributed by atoms with Crippen molar-refractivity contribution in [2.45, 2.75) is 39.7 Å². The molecule has 0 fully saturated rings. The van der Waals surface area contributed by atoms with Crippen molar-refractivity contribution in [3.63, 3.8) is 0 Å². The third kappa shape index (κ3) is 8.38. The average molecular weight is 397 g/mol. The number of nitrogens with zero attached hydrogens (tertiary/aromatic N) is 1. The van der Waals surface area contributed by atoms with Gasteiger partial charge in [0, 0.05) is 6.54 Å². The molecule has 0 unspecified atom stereocenters. The van der Waals surface area contributed by atoms with Crippen molar-refractivity contribution in [2.24, 2.45) is 5.73 Å². The van der Waals surface area contributed by atoms with E-state index in [0.717, 1.165) is 5.56 Å². The van der Waals surface area contributed by atoms with E-state index < -0.39 is 17.5 Å². The Morgan fingerprint density at radius 1 is 1.36 bits per heavy atom. The molecular formula is C16H27Cl2FN4O2. The number of alkyl carbamates (subject to hydrolysis) is 1. The Labute approximate surface area is 160 Å². The van der Waals surface area contributed by atoms with Gasteiger partial charge in [-0.05, 0) is 58.4 Å². The smallest absolute Gasteiger partial charge is 0.414 e. The Balaban J connectivity index is 0. The summed E-state index contributed by atoms with van der Waals surface area (Å²) in [6.07, 6.45) is -0.169. The van der Waals surface area contributed by atoms with Crippen LogP contribution in [0.15, 0.2) is 18.2 Å². The third-order valence-corrected chi connectivity index (χ3v) is 2.94. The van der Waals surface area contributed by atoms with Gasteiger partial charge in [-0.25, -0.2) is 9.18 Å². The van der Waals surface area contributed by atoms with Gasteiger partial charge in [0.2, 0.25) is 5.96 Å². The number of hydrogen-bond acceptors (Lipinski definition) is 4. The van der Waals surface area contributed by atoms with Crippen molar-refractivity contribution in [1.29, 1.82) is 5.41 Å². The second-order valence-electron chi connectivity index (χ2n) is 6.04. The molecule has 0 radical (unpaired) electrons. The first-order valence-electron chi connectivity index (χ1n) is 7.52. The van der Waals surface area contributed by atoms with Gasteiger partial charge in [-0.3, -0.25) is 10.7 Å². The van der Waals surface area contributed by atoms with E-state index in [4.69, 9.17) is 15.9 Å². The summed E-state index contributed by atoms with van der Waals surface area (Å²) in [5, 5.41) is 10.3. The number of halogens is 3. The van der Waals surface area contributed by atoms with Gasteiger partial charge in [-0.2, -0.15) is 0 Å². The van der Waals surface area contributed by atoms with Crippen LogP contribution in [0.4, 0.5) is 14.9 Å². The van der Waals surface area contributed by atoms with E-state index in [2.05, 4.69) is 5.32 Å². The molecule has 0 saturated heterocycles. The number of hydrogen-bond donors (Lipinski definition) is 3. The highest BCUT2D eigenvalue weighted by Crippen LogP contribution is 2.21. The standard InChI is InChI=1S/C16H25FN4O2.2ClH/c1-5-21(14(19)20-15(22)23-16(2,3)4)13-7-6-11(8-9-18)10-12(13)17;;/h6-7,10H,5,8-9,18H2,1-4H3,(H2,19,20,22);2*1H. The summed E-state index contributed by atoms with van der Waals surface area (Å²) in [6.45, 7) is 7.70. The number of amides is 1. The van der Waals surface area contributed by atoms with E-state index in [1.54, 1.807) is 39.8 Å². The third-order valence-electron chi connectivity index (χ3n) is 2.94. The van der Waals surface area contributed by atoms with Crippen molar-refractivity contribution in [3.05, 3.63) is 29.6 Å². The second kappa shape index (κ2) is 11.1. The average Bonchev–Trinajstić information content (AvgIpc) is 2.40. The molecule has 0 heterocycles. The van der Waals surface area contributed by atoms with E-state index in [0.29, 0.717) is 19.5 Å². The van der Waals surface area contributed by atoms with Gasteiger partial charge in [0.05, 0.1) is 5.69 Å². The SMILES string of the molecule is CCN(C(=N)NC(=O)OC(C)(C)C)c1ccc(CCN)cc1F.Cl.Cl. The summed E-state index contributed by atoms with van der Waals surface area (Å²) in [7, 11) is 0. The summed E-state index contributed by atoms with van der Waals surface area (Å²) < 4.78 is 19.4. The minimum atomic E-state index is -0.749. The lowest BCUT2D eigenvalue weighted by Gasteiger charge is -2.26. The molecule has 0 spiro atoms. The van der Waals surface area contributed by atoms with Crippen molar-refractivity contribution in [1.82, 2.24) is 5.32 Å². The van der Waals surface area contributed by atoms with Crippen molar-refractivity contribution in [3.8, 4) is 0 Å². The first kappa shape index (κ1) is 25.7. The first-order chi connectivity index (χ1) is 10.7. The maximum absolute atomic E-state index is 14.3. The molecule has 0 aliphatic heterocycles. The molecule has 9 heteroatoms. The summed E-state index contributed by atoms with van der Waals surface area (Å²) in [5.41, 5.74) is 5.79. The fourth-order valence-electron chi connectivity index (χ4n) is 2.01. The number of guanidine groups is 1. The van der Waals surface area contributed by atoms with E-state index in [1.165, 1.54) is 11.0 Å². The summed E-state index contributed by atoms with van der Waals surface area (Å²) in [4.78, 5) is 13.1. The number of nitrogens with two attached hydrogens (primary N) is 1. The number of carbonyl (C=O) groups excluding carboxylic acids is 1. The molecule has 1 amide bonds. The Kier molecular flexibility index (Phi) is 11.4. The second-order valence-corrected chi connectivity index (χ2v) is 6.04. The quantitative estimate of drug-likeness (QED) is 0.536. The molecule has 0 bridgehead atoms. The molecule has 0 aliphatic rings. The normalized spacial score (nSPS) is 10.2. The highest BCUT2D eigenvalue weighted by molar-refractivity contribution is 6.02. The lowest BCUT2D eigenvalue weighted by Crippen LogP contribution is -2.45. The van der Waals surface area contributed by atoms with Crippen LogP contribution in [0.2, 0.25) is 0 Å². The largest absolute Gasteiger partial charge is 0.444 e. The first-order valence-corrected chi connectivity index (χ1v) is 7.52. The lowest BCUT2D eigenvalue weighted by molar-refractivity contribution is 0.0562. The molecule has 0 aromatic heterocycles. The van der Waals surface area contributed by atoms with Crippen LogP contribution in [-0.4, -0.2) is 30.7 Å². The summed E-state index contributed by atoms with van der Waals surface area (Å²) in [6, 6.07) is 4.73. The van der Waals surface area contributed by atoms with Crippen LogP contribution in [0.5, 0.6) is 0 Å². The van der Waals surface area contributed by atoms with Gasteiger partial charge in [-0.15, -0.1) is 24.8 Å². The number of ether oxygens (including phenoxy) is 1. The molecule has 1 aromatic carbocycles. The molecule has 0 aliphatic carbocycles. The molecule has 6 nitrogen and oxygen atoms in total. The van der Waals surface area contributed by atoms with E-state index in [-0.39, 0.29) is 36.5 Å². The van der Waals surface area contributed by atoms with Crippen molar-refractivity contribution < 1.29 is 13.9 Å². The summed E-state index contributed by atoms with van der Waals surface area (Å²) in [5.74, 6) is -0.708. The Bertz CT molecular complexity index is 580. The van der Waals surface area contributed by atoms with Crippen LogP contribution in [0, 0.1) is 11.2 Å². The van der Waals surface area contributed by atoms with Gasteiger partial charge in [0.25, 0.3) is 0 Å². The highest BCUT2D eigenvalue weighted by Gasteiger charge is 2.21. The maximum atomic E-state index is 14.3. The van der Waals surface area contributed by atoms with Gasteiger partial charge < -0.3 is 15.4 Å². The van der Waals surface area contributed by atoms with Crippen LogP contribution in [-0.2, 0) is 11.2 Å². The molecule has 1 rings (SSSR count). The Morgan fingerprint density at radius 3 is 2.40 bits per heavy atom. The lowest BCUT2D eigenvalue weighted by atomic mass is 10.1. The number of carbonyl (C=O) groups is 1. The molecule has 0 saturated carbocycles. The molecule has 4 N–H and O–H groups in total. The monoisotopic (exact) mass is 396 g/mol. The number of rotatable bonds is 4. The fourth-order valence-corrected chi connectivity index (χ4v) is 2.01. The van der Waals surface area contributed by atoms with Crippen molar-refractivity contribution >= 4 is 42.6 Å². The number of benzene rings is 1. The molecule has 144 valence electrons. The zero-order chi connectivity index (χ0) is 17.6. The van der Waals surface area contributed by atoms with Gasteiger partial charge in [0.1, 0.15) is 11.4 Å². The topological polar surface area (TPSA) is 91.4 Å². The Morgan fingerprint density at radius 2 is 1.96 bits per heavy atom. The predicted octanol–water partition coefficient (Wildman–Crippen LogP) is 3.46.